The molecule has 22 heavy (non-hydrogen) atoms. The Kier molecular flexibility index (Phi) is 2.82. The Balaban J connectivity index is 1.81. The van der Waals surface area contributed by atoms with Gasteiger partial charge in [-0.3, -0.25) is 14.5 Å². The number of hydrogen-bond acceptors (Lipinski definition) is 5. The van der Waals surface area contributed by atoms with Gasteiger partial charge in [0.15, 0.2) is 5.69 Å². The molecule has 0 saturated carbocycles. The van der Waals surface area contributed by atoms with Crippen molar-refractivity contribution in [2.45, 2.75) is 26.4 Å². The van der Waals surface area contributed by atoms with Gasteiger partial charge in [-0.15, -0.1) is 0 Å². The molecule has 3 heterocycles. The number of rotatable bonds is 1. The first-order valence-electron chi connectivity index (χ1n) is 7.34. The third-order valence-corrected chi connectivity index (χ3v) is 4.12. The van der Waals surface area contributed by atoms with Crippen LogP contribution < -0.4 is 5.56 Å². The number of ether oxygens (including phenoxy) is 1. The van der Waals surface area contributed by atoms with E-state index in [4.69, 9.17) is 4.74 Å². The van der Waals surface area contributed by atoms with Crippen molar-refractivity contribution in [3.63, 3.8) is 0 Å². The summed E-state index contributed by atoms with van der Waals surface area (Å²) in [6.07, 6.45) is 4.14. The molecular formula is C15H16N4O3. The summed E-state index contributed by atoms with van der Waals surface area (Å²) in [6, 6.07) is 0. The largest absolute Gasteiger partial charge is 0.506 e. The maximum atomic E-state index is 12.4. The molecule has 4 rings (SSSR count). The van der Waals surface area contributed by atoms with E-state index in [1.54, 1.807) is 10.8 Å². The fourth-order valence-electron chi connectivity index (χ4n) is 3.02. The molecule has 1 aromatic heterocycles. The maximum Gasteiger partial charge on any atom is 0.292 e. The maximum absolute atomic E-state index is 12.4. The monoisotopic (exact) mass is 300 g/mol. The number of hydrogen-bond donors (Lipinski definition) is 1. The molecule has 0 spiro atoms. The molecule has 1 aromatic rings. The Bertz CT molecular complexity index is 836. The zero-order chi connectivity index (χ0) is 15.3. The van der Waals surface area contributed by atoms with Gasteiger partial charge in [-0.25, -0.2) is 9.67 Å². The van der Waals surface area contributed by atoms with Crippen molar-refractivity contribution in [2.75, 3.05) is 13.2 Å². The second-order valence-corrected chi connectivity index (χ2v) is 5.49. The van der Waals surface area contributed by atoms with E-state index in [-0.39, 0.29) is 11.3 Å². The van der Waals surface area contributed by atoms with Crippen molar-refractivity contribution in [2.24, 2.45) is 9.98 Å². The first-order valence-corrected chi connectivity index (χ1v) is 7.34. The summed E-state index contributed by atoms with van der Waals surface area (Å²) in [5.41, 5.74) is 2.04. The summed E-state index contributed by atoms with van der Waals surface area (Å²) in [4.78, 5) is 21.1. The number of nitrogens with zero attached hydrogens (tertiary/aromatic N) is 4. The van der Waals surface area contributed by atoms with E-state index in [0.717, 1.165) is 18.7 Å². The van der Waals surface area contributed by atoms with Gasteiger partial charge in [0.1, 0.15) is 29.5 Å². The highest BCUT2D eigenvalue weighted by Gasteiger charge is 2.24. The Hall–Kier alpha value is -2.57. The highest BCUT2D eigenvalue weighted by atomic mass is 16.5. The SMILES string of the molecule is Cc1c(N=C2C=C3OCCN=C3C=C2O)c(=O)n2n1CCC2. The first-order chi connectivity index (χ1) is 10.6. The van der Waals surface area contributed by atoms with Crippen LogP contribution in [0, 0.1) is 6.92 Å². The van der Waals surface area contributed by atoms with Crippen LogP contribution >= 0.6 is 0 Å². The Morgan fingerprint density at radius 1 is 1.32 bits per heavy atom. The molecule has 0 unspecified atom stereocenters. The summed E-state index contributed by atoms with van der Waals surface area (Å²) in [7, 11) is 0. The van der Waals surface area contributed by atoms with Crippen LogP contribution in [0.25, 0.3) is 0 Å². The van der Waals surface area contributed by atoms with E-state index >= 15 is 0 Å². The van der Waals surface area contributed by atoms with Crippen LogP contribution in [0.15, 0.2) is 38.4 Å². The van der Waals surface area contributed by atoms with Crippen LogP contribution in [-0.2, 0) is 17.8 Å². The molecule has 0 atom stereocenters. The van der Waals surface area contributed by atoms with Crippen molar-refractivity contribution in [3.05, 3.63) is 39.7 Å². The van der Waals surface area contributed by atoms with Crippen LogP contribution in [0.3, 0.4) is 0 Å². The Labute approximate surface area is 126 Å². The van der Waals surface area contributed by atoms with Crippen molar-refractivity contribution in [1.29, 1.82) is 0 Å². The normalized spacial score (nSPS) is 21.7. The number of fused-ring (bicyclic) bond motifs is 2. The van der Waals surface area contributed by atoms with Crippen LogP contribution in [-0.4, -0.2) is 39.0 Å². The van der Waals surface area contributed by atoms with E-state index in [1.165, 1.54) is 6.08 Å². The number of aliphatic hydroxyl groups excluding tert-OH is 1. The third-order valence-electron chi connectivity index (χ3n) is 4.12. The minimum atomic E-state index is -0.113. The molecule has 0 saturated heterocycles. The average Bonchev–Trinajstić information content (AvgIpc) is 3.08. The average molecular weight is 300 g/mol. The van der Waals surface area contributed by atoms with E-state index in [2.05, 4.69) is 9.98 Å². The predicted octanol–water partition coefficient (Wildman–Crippen LogP) is 1.25. The van der Waals surface area contributed by atoms with Gasteiger partial charge in [0.2, 0.25) is 0 Å². The van der Waals surface area contributed by atoms with Crippen molar-refractivity contribution in [3.8, 4) is 0 Å². The fraction of sp³-hybridized carbons (Fsp3) is 0.400. The van der Waals surface area contributed by atoms with Gasteiger partial charge in [0, 0.05) is 25.2 Å². The summed E-state index contributed by atoms with van der Waals surface area (Å²) < 4.78 is 9.18. The summed E-state index contributed by atoms with van der Waals surface area (Å²) in [6.45, 7) is 4.51. The van der Waals surface area contributed by atoms with Gasteiger partial charge in [0.25, 0.3) is 5.56 Å². The lowest BCUT2D eigenvalue weighted by atomic mass is 10.1. The van der Waals surface area contributed by atoms with Crippen LogP contribution in [0.4, 0.5) is 5.69 Å². The Morgan fingerprint density at radius 3 is 2.95 bits per heavy atom. The summed E-state index contributed by atoms with van der Waals surface area (Å²) in [5, 5.41) is 10.1. The molecule has 0 fully saturated rings. The van der Waals surface area contributed by atoms with Gasteiger partial charge >= 0.3 is 0 Å². The number of aliphatic imine (C=N–C) groups is 2. The summed E-state index contributed by atoms with van der Waals surface area (Å²) >= 11 is 0. The third kappa shape index (κ3) is 1.85. The summed E-state index contributed by atoms with van der Waals surface area (Å²) in [5.74, 6) is 0.593. The lowest BCUT2D eigenvalue weighted by Gasteiger charge is -2.19. The second-order valence-electron chi connectivity index (χ2n) is 5.49. The molecule has 0 radical (unpaired) electrons. The molecular weight excluding hydrogens is 284 g/mol. The van der Waals surface area contributed by atoms with E-state index in [0.29, 0.717) is 42.6 Å². The van der Waals surface area contributed by atoms with Gasteiger partial charge < -0.3 is 9.84 Å². The number of aliphatic hydroxyl groups is 1. The minimum Gasteiger partial charge on any atom is -0.506 e. The molecule has 3 aliphatic rings. The predicted molar refractivity (Wildman–Crippen MR) is 82.2 cm³/mol. The number of aromatic nitrogens is 2. The molecule has 0 aromatic carbocycles. The molecule has 1 N–H and O–H groups in total. The van der Waals surface area contributed by atoms with Gasteiger partial charge in [0.05, 0.1) is 12.2 Å². The standard InChI is InChI=1S/C15H16N4O3/c1-9-14(15(21)19-5-2-4-18(9)19)17-10-8-13-11(7-12(10)20)16-3-6-22-13/h7-8,20H,2-6H2,1H3. The topological polar surface area (TPSA) is 81.1 Å². The fourth-order valence-corrected chi connectivity index (χ4v) is 3.02. The highest BCUT2D eigenvalue weighted by Crippen LogP contribution is 2.22. The van der Waals surface area contributed by atoms with Gasteiger partial charge in [-0.1, -0.05) is 0 Å². The zero-order valence-corrected chi connectivity index (χ0v) is 12.2. The van der Waals surface area contributed by atoms with E-state index in [9.17, 15) is 9.90 Å². The zero-order valence-electron chi connectivity index (χ0n) is 12.2. The lowest BCUT2D eigenvalue weighted by Crippen LogP contribution is -2.21. The minimum absolute atomic E-state index is 0.00293. The molecule has 0 bridgehead atoms. The molecule has 1 aliphatic carbocycles. The molecule has 114 valence electrons. The molecule has 7 heteroatoms. The highest BCUT2D eigenvalue weighted by molar-refractivity contribution is 6.22. The van der Waals surface area contributed by atoms with Crippen LogP contribution in [0.1, 0.15) is 12.1 Å². The smallest absolute Gasteiger partial charge is 0.292 e. The molecule has 2 aliphatic heterocycles. The first kappa shape index (κ1) is 13.1. The van der Waals surface area contributed by atoms with E-state index in [1.807, 2.05) is 11.6 Å². The van der Waals surface area contributed by atoms with Crippen LogP contribution in [0.2, 0.25) is 0 Å². The van der Waals surface area contributed by atoms with Gasteiger partial charge in [-0.05, 0) is 13.3 Å². The van der Waals surface area contributed by atoms with Gasteiger partial charge in [-0.2, -0.15) is 0 Å². The molecule has 0 amide bonds. The molecule has 7 nitrogen and oxygen atoms in total. The quantitative estimate of drug-likeness (QED) is 0.792. The lowest BCUT2D eigenvalue weighted by molar-refractivity contribution is 0.232. The van der Waals surface area contributed by atoms with E-state index < -0.39 is 0 Å². The second kappa shape index (κ2) is 4.72. The Morgan fingerprint density at radius 2 is 2.14 bits per heavy atom. The van der Waals surface area contributed by atoms with Crippen molar-refractivity contribution < 1.29 is 9.84 Å². The van der Waals surface area contributed by atoms with Crippen molar-refractivity contribution >= 4 is 17.1 Å². The van der Waals surface area contributed by atoms with Crippen molar-refractivity contribution in [1.82, 2.24) is 9.36 Å². The van der Waals surface area contributed by atoms with Crippen LogP contribution in [0.5, 0.6) is 0 Å². The number of allylic oxidation sites excluding steroid dienone is 2.